The van der Waals surface area contributed by atoms with Crippen molar-refractivity contribution in [1.29, 1.82) is 5.26 Å². The Balaban J connectivity index is 3.46. The highest BCUT2D eigenvalue weighted by atomic mass is 127. The van der Waals surface area contributed by atoms with Crippen LogP contribution in [0.25, 0.3) is 0 Å². The molecule has 1 nitrogen and oxygen atoms in total. The van der Waals surface area contributed by atoms with Gasteiger partial charge >= 0.3 is 6.18 Å². The molecule has 0 fully saturated rings. The molecule has 0 saturated heterocycles. The Kier molecular flexibility index (Phi) is 4.00. The highest BCUT2D eigenvalue weighted by Crippen LogP contribution is 2.36. The zero-order chi connectivity index (χ0) is 11.6. The Morgan fingerprint density at radius 1 is 1.40 bits per heavy atom. The van der Waals surface area contributed by atoms with E-state index in [1.165, 1.54) is 12.1 Å². The molecule has 0 aromatic heterocycles. The van der Waals surface area contributed by atoms with Gasteiger partial charge in [-0.2, -0.15) is 18.4 Å². The lowest BCUT2D eigenvalue weighted by molar-refractivity contribution is -0.138. The van der Waals surface area contributed by atoms with Crippen LogP contribution in [0.2, 0.25) is 0 Å². The number of benzene rings is 1. The van der Waals surface area contributed by atoms with Crippen molar-refractivity contribution in [3.63, 3.8) is 0 Å². The summed E-state index contributed by atoms with van der Waals surface area (Å²) >= 11 is 4.58. The van der Waals surface area contributed by atoms with Crippen LogP contribution in [0.3, 0.4) is 0 Å². The molecular weight excluding hydrogens is 386 g/mol. The Bertz CT molecular complexity index is 423. The molecule has 6 heteroatoms. The number of nitrogens with zero attached hydrogens (tertiary/aromatic N) is 1. The van der Waals surface area contributed by atoms with Gasteiger partial charge in [0.15, 0.2) is 0 Å². The SMILES string of the molecule is N#Cc1cc(I)c(C(F)(F)F)c(CBr)c1. The van der Waals surface area contributed by atoms with Gasteiger partial charge < -0.3 is 0 Å². The highest BCUT2D eigenvalue weighted by Gasteiger charge is 2.35. The summed E-state index contributed by atoms with van der Waals surface area (Å²) in [6.07, 6.45) is -4.38. The second kappa shape index (κ2) is 4.70. The monoisotopic (exact) mass is 389 g/mol. The first-order valence-electron chi connectivity index (χ1n) is 3.76. The maximum atomic E-state index is 12.6. The van der Waals surface area contributed by atoms with Crippen molar-refractivity contribution in [2.75, 3.05) is 0 Å². The van der Waals surface area contributed by atoms with E-state index >= 15 is 0 Å². The number of alkyl halides is 4. The zero-order valence-electron chi connectivity index (χ0n) is 7.20. The molecule has 0 aliphatic carbocycles. The van der Waals surface area contributed by atoms with Gasteiger partial charge in [-0.25, -0.2) is 0 Å². The smallest absolute Gasteiger partial charge is 0.192 e. The summed E-state index contributed by atoms with van der Waals surface area (Å²) in [5.41, 5.74) is -0.341. The maximum Gasteiger partial charge on any atom is 0.417 e. The van der Waals surface area contributed by atoms with E-state index in [1.807, 2.05) is 6.07 Å². The Morgan fingerprint density at radius 2 is 2.00 bits per heavy atom. The molecule has 1 aromatic rings. The molecule has 1 rings (SSSR count). The van der Waals surface area contributed by atoms with Gasteiger partial charge in [-0.15, -0.1) is 0 Å². The van der Waals surface area contributed by atoms with E-state index in [2.05, 4.69) is 15.9 Å². The molecule has 0 aliphatic heterocycles. The quantitative estimate of drug-likeness (QED) is 0.524. The van der Waals surface area contributed by atoms with Crippen LogP contribution in [-0.4, -0.2) is 0 Å². The fraction of sp³-hybridized carbons (Fsp3) is 0.222. The van der Waals surface area contributed by atoms with Crippen molar-refractivity contribution in [3.05, 3.63) is 32.4 Å². The zero-order valence-corrected chi connectivity index (χ0v) is 10.9. The molecule has 0 N–H and O–H groups in total. The number of halogens is 5. The molecule has 0 radical (unpaired) electrons. The molecular formula is C9H4BrF3IN. The van der Waals surface area contributed by atoms with Gasteiger partial charge in [-0.3, -0.25) is 0 Å². The van der Waals surface area contributed by atoms with Crippen molar-refractivity contribution in [1.82, 2.24) is 0 Å². The average molecular weight is 390 g/mol. The molecule has 1 aromatic carbocycles. The van der Waals surface area contributed by atoms with Crippen molar-refractivity contribution >= 4 is 38.5 Å². The molecule has 0 unspecified atom stereocenters. The van der Waals surface area contributed by atoms with Gasteiger partial charge in [-0.1, -0.05) is 15.9 Å². The van der Waals surface area contributed by atoms with E-state index in [-0.39, 0.29) is 20.0 Å². The van der Waals surface area contributed by atoms with Crippen LogP contribution >= 0.6 is 38.5 Å². The average Bonchev–Trinajstić information content (AvgIpc) is 2.14. The standard InChI is InChI=1S/C9H4BrF3IN/c10-3-6-1-5(4-15)2-7(14)8(6)9(11,12)13/h1-2H,3H2. The molecule has 0 atom stereocenters. The third-order valence-electron chi connectivity index (χ3n) is 1.73. The van der Waals surface area contributed by atoms with Gasteiger partial charge in [-0.05, 0) is 40.3 Å². The van der Waals surface area contributed by atoms with E-state index in [0.717, 1.165) is 0 Å². The fourth-order valence-electron chi connectivity index (χ4n) is 1.15. The van der Waals surface area contributed by atoms with E-state index in [0.29, 0.717) is 0 Å². The van der Waals surface area contributed by atoms with Gasteiger partial charge in [0.1, 0.15) is 0 Å². The van der Waals surface area contributed by atoms with Crippen molar-refractivity contribution < 1.29 is 13.2 Å². The summed E-state index contributed by atoms with van der Waals surface area (Å²) in [6.45, 7) is 0. The van der Waals surface area contributed by atoms with Crippen molar-refractivity contribution in [2.45, 2.75) is 11.5 Å². The molecule has 0 bridgehead atoms. The minimum absolute atomic E-state index is 0.0496. The molecule has 80 valence electrons. The van der Waals surface area contributed by atoms with Crippen LogP contribution in [0.15, 0.2) is 12.1 Å². The molecule has 15 heavy (non-hydrogen) atoms. The lowest BCUT2D eigenvalue weighted by atomic mass is 10.1. The van der Waals surface area contributed by atoms with E-state index < -0.39 is 11.7 Å². The highest BCUT2D eigenvalue weighted by molar-refractivity contribution is 14.1. The second-order valence-electron chi connectivity index (χ2n) is 2.74. The van der Waals surface area contributed by atoms with Crippen molar-refractivity contribution in [2.24, 2.45) is 0 Å². The normalized spacial score (nSPS) is 11.2. The third kappa shape index (κ3) is 2.84. The number of nitriles is 1. The lowest BCUT2D eigenvalue weighted by Crippen LogP contribution is -2.11. The predicted molar refractivity (Wildman–Crippen MR) is 61.5 cm³/mol. The number of hydrogen-bond acceptors (Lipinski definition) is 1. The van der Waals surface area contributed by atoms with Crippen LogP contribution in [0.4, 0.5) is 13.2 Å². The first-order valence-corrected chi connectivity index (χ1v) is 5.96. The van der Waals surface area contributed by atoms with Crippen LogP contribution in [0, 0.1) is 14.9 Å². The third-order valence-corrected chi connectivity index (χ3v) is 3.18. The Hall–Kier alpha value is -0.290. The minimum Gasteiger partial charge on any atom is -0.192 e. The predicted octanol–water partition coefficient (Wildman–Crippen LogP) is 4.08. The van der Waals surface area contributed by atoms with Crippen molar-refractivity contribution in [3.8, 4) is 6.07 Å². The van der Waals surface area contributed by atoms with Crippen LogP contribution in [-0.2, 0) is 11.5 Å². The first-order chi connectivity index (χ1) is 6.90. The van der Waals surface area contributed by atoms with Gasteiger partial charge in [0.2, 0.25) is 0 Å². The largest absolute Gasteiger partial charge is 0.417 e. The summed E-state index contributed by atoms with van der Waals surface area (Å²) in [5, 5.41) is 8.70. The van der Waals surface area contributed by atoms with Gasteiger partial charge in [0, 0.05) is 8.90 Å². The van der Waals surface area contributed by atoms with Crippen LogP contribution in [0.5, 0.6) is 0 Å². The first kappa shape index (κ1) is 12.8. The number of hydrogen-bond donors (Lipinski definition) is 0. The Morgan fingerprint density at radius 3 is 2.40 bits per heavy atom. The molecule has 0 heterocycles. The van der Waals surface area contributed by atoms with E-state index in [1.54, 1.807) is 22.6 Å². The minimum atomic E-state index is -4.38. The van der Waals surface area contributed by atoms with E-state index in [4.69, 9.17) is 5.26 Å². The summed E-state index contributed by atoms with van der Waals surface area (Å²) in [6, 6.07) is 4.31. The van der Waals surface area contributed by atoms with Crippen LogP contribution in [0.1, 0.15) is 16.7 Å². The molecule has 0 amide bonds. The second-order valence-corrected chi connectivity index (χ2v) is 4.46. The Labute approximate surface area is 107 Å². The fourth-order valence-corrected chi connectivity index (χ4v) is 2.58. The van der Waals surface area contributed by atoms with Crippen LogP contribution < -0.4 is 0 Å². The summed E-state index contributed by atoms with van der Waals surface area (Å²) < 4.78 is 37.9. The molecule has 0 aliphatic rings. The summed E-state index contributed by atoms with van der Waals surface area (Å²) in [4.78, 5) is 0. The number of rotatable bonds is 1. The topological polar surface area (TPSA) is 23.8 Å². The van der Waals surface area contributed by atoms with E-state index in [9.17, 15) is 13.2 Å². The maximum absolute atomic E-state index is 12.6. The molecule has 0 spiro atoms. The van der Waals surface area contributed by atoms with Gasteiger partial charge in [0.05, 0.1) is 17.2 Å². The van der Waals surface area contributed by atoms with Gasteiger partial charge in [0.25, 0.3) is 0 Å². The lowest BCUT2D eigenvalue weighted by Gasteiger charge is -2.13. The summed E-state index contributed by atoms with van der Waals surface area (Å²) in [5.74, 6) is 0. The summed E-state index contributed by atoms with van der Waals surface area (Å²) in [7, 11) is 0. The molecule has 0 saturated carbocycles.